The summed E-state index contributed by atoms with van der Waals surface area (Å²) in [7, 11) is 1.73. The SMILES string of the molecule is CC=C[C@H]1CN(Cc2ccccc2)C[C@H]2O[C@](C)(OC)[C@@](C)(CCC)O[C@H]12. The van der Waals surface area contributed by atoms with Crippen LogP contribution in [0.3, 0.4) is 0 Å². The van der Waals surface area contributed by atoms with Gasteiger partial charge in [-0.1, -0.05) is 55.8 Å². The monoisotopic (exact) mass is 373 g/mol. The molecule has 2 saturated heterocycles. The van der Waals surface area contributed by atoms with Crippen molar-refractivity contribution in [3.8, 4) is 0 Å². The van der Waals surface area contributed by atoms with Crippen molar-refractivity contribution in [3.63, 3.8) is 0 Å². The van der Waals surface area contributed by atoms with Crippen LogP contribution in [0.5, 0.6) is 0 Å². The van der Waals surface area contributed by atoms with E-state index in [1.54, 1.807) is 7.11 Å². The van der Waals surface area contributed by atoms with Gasteiger partial charge in [0.05, 0.1) is 6.10 Å². The van der Waals surface area contributed by atoms with Crippen LogP contribution >= 0.6 is 0 Å². The summed E-state index contributed by atoms with van der Waals surface area (Å²) in [5, 5.41) is 0. The molecule has 0 aromatic heterocycles. The lowest BCUT2D eigenvalue weighted by Gasteiger charge is -2.57. The quantitative estimate of drug-likeness (QED) is 0.692. The second-order valence-electron chi connectivity index (χ2n) is 8.24. The second-order valence-corrected chi connectivity index (χ2v) is 8.24. The van der Waals surface area contributed by atoms with E-state index in [0.29, 0.717) is 5.92 Å². The van der Waals surface area contributed by atoms with Crippen LogP contribution in [-0.4, -0.2) is 48.7 Å². The molecule has 2 aliphatic rings. The minimum absolute atomic E-state index is 0.00135. The summed E-state index contributed by atoms with van der Waals surface area (Å²) in [5.41, 5.74) is 0.885. The Bertz CT molecular complexity index is 634. The van der Waals surface area contributed by atoms with Crippen molar-refractivity contribution in [1.82, 2.24) is 4.90 Å². The van der Waals surface area contributed by atoms with E-state index in [1.807, 2.05) is 6.92 Å². The zero-order valence-corrected chi connectivity index (χ0v) is 17.5. The first-order chi connectivity index (χ1) is 12.9. The van der Waals surface area contributed by atoms with E-state index in [-0.39, 0.29) is 12.2 Å². The van der Waals surface area contributed by atoms with Gasteiger partial charge in [0.2, 0.25) is 0 Å². The number of nitrogens with zero attached hydrogens (tertiary/aromatic N) is 1. The number of likely N-dealkylation sites (tertiary alicyclic amines) is 1. The molecule has 0 unspecified atom stereocenters. The lowest BCUT2D eigenvalue weighted by molar-refractivity contribution is -0.397. The van der Waals surface area contributed by atoms with Crippen LogP contribution in [-0.2, 0) is 20.8 Å². The molecule has 0 amide bonds. The Morgan fingerprint density at radius 1 is 1.19 bits per heavy atom. The van der Waals surface area contributed by atoms with Gasteiger partial charge in [0, 0.05) is 32.7 Å². The first kappa shape index (κ1) is 20.5. The maximum Gasteiger partial charge on any atom is 0.194 e. The van der Waals surface area contributed by atoms with E-state index in [1.165, 1.54) is 5.56 Å². The Hall–Kier alpha value is -1.20. The van der Waals surface area contributed by atoms with Crippen LogP contribution in [0, 0.1) is 5.92 Å². The Morgan fingerprint density at radius 3 is 2.56 bits per heavy atom. The van der Waals surface area contributed by atoms with Crippen molar-refractivity contribution in [1.29, 1.82) is 0 Å². The fourth-order valence-corrected chi connectivity index (χ4v) is 4.61. The Morgan fingerprint density at radius 2 is 1.93 bits per heavy atom. The van der Waals surface area contributed by atoms with Crippen LogP contribution in [0.4, 0.5) is 0 Å². The maximum atomic E-state index is 6.76. The largest absolute Gasteiger partial charge is 0.363 e. The number of rotatable bonds is 6. The minimum atomic E-state index is -0.736. The Balaban J connectivity index is 1.83. The molecule has 1 aromatic rings. The summed E-state index contributed by atoms with van der Waals surface area (Å²) >= 11 is 0. The van der Waals surface area contributed by atoms with Gasteiger partial charge in [0.15, 0.2) is 5.79 Å². The third-order valence-electron chi connectivity index (χ3n) is 6.23. The molecule has 27 heavy (non-hydrogen) atoms. The molecule has 0 aliphatic carbocycles. The molecule has 4 nitrogen and oxygen atoms in total. The van der Waals surface area contributed by atoms with Gasteiger partial charge in [0.1, 0.15) is 11.7 Å². The highest BCUT2D eigenvalue weighted by Crippen LogP contribution is 2.45. The predicted octanol–water partition coefficient (Wildman–Crippen LogP) is 4.40. The van der Waals surface area contributed by atoms with E-state index in [2.05, 4.69) is 68.2 Å². The van der Waals surface area contributed by atoms with Gasteiger partial charge in [-0.15, -0.1) is 0 Å². The molecule has 2 heterocycles. The molecular formula is C23H35NO3. The number of methoxy groups -OCH3 is 1. The van der Waals surface area contributed by atoms with Gasteiger partial charge in [-0.2, -0.15) is 0 Å². The van der Waals surface area contributed by atoms with Crippen molar-refractivity contribution >= 4 is 0 Å². The fraction of sp³-hybridized carbons (Fsp3) is 0.652. The van der Waals surface area contributed by atoms with Crippen LogP contribution < -0.4 is 0 Å². The van der Waals surface area contributed by atoms with E-state index in [9.17, 15) is 0 Å². The molecule has 4 heteroatoms. The molecule has 0 N–H and O–H groups in total. The number of piperidine rings is 1. The zero-order chi connectivity index (χ0) is 19.5. The molecule has 5 atom stereocenters. The van der Waals surface area contributed by atoms with E-state index >= 15 is 0 Å². The third kappa shape index (κ3) is 4.14. The summed E-state index contributed by atoms with van der Waals surface area (Å²) in [5.74, 6) is -0.421. The van der Waals surface area contributed by atoms with Crippen LogP contribution in [0.1, 0.15) is 46.1 Å². The van der Waals surface area contributed by atoms with Gasteiger partial charge in [0.25, 0.3) is 0 Å². The molecule has 0 spiro atoms. The predicted molar refractivity (Wildman–Crippen MR) is 108 cm³/mol. The smallest absolute Gasteiger partial charge is 0.194 e. The Kier molecular flexibility index (Phi) is 6.42. The van der Waals surface area contributed by atoms with Crippen LogP contribution in [0.25, 0.3) is 0 Å². The maximum absolute atomic E-state index is 6.76. The highest BCUT2D eigenvalue weighted by Gasteiger charge is 2.57. The lowest BCUT2D eigenvalue weighted by Crippen LogP contribution is -2.69. The Labute approximate surface area is 164 Å². The van der Waals surface area contributed by atoms with Crippen LogP contribution in [0.15, 0.2) is 42.5 Å². The summed E-state index contributed by atoms with van der Waals surface area (Å²) < 4.78 is 19.2. The first-order valence-corrected chi connectivity index (χ1v) is 10.2. The van der Waals surface area contributed by atoms with Gasteiger partial charge in [-0.05, 0) is 32.8 Å². The van der Waals surface area contributed by atoms with E-state index in [4.69, 9.17) is 14.2 Å². The molecule has 0 saturated carbocycles. The van der Waals surface area contributed by atoms with Gasteiger partial charge < -0.3 is 14.2 Å². The fourth-order valence-electron chi connectivity index (χ4n) is 4.61. The topological polar surface area (TPSA) is 30.9 Å². The second kappa shape index (κ2) is 8.44. The van der Waals surface area contributed by atoms with Crippen molar-refractivity contribution < 1.29 is 14.2 Å². The van der Waals surface area contributed by atoms with Crippen molar-refractivity contribution in [2.24, 2.45) is 5.92 Å². The molecule has 0 bridgehead atoms. The van der Waals surface area contributed by atoms with Gasteiger partial charge in [-0.3, -0.25) is 4.90 Å². The molecule has 0 radical (unpaired) electrons. The number of allylic oxidation sites excluding steroid dienone is 1. The number of hydrogen-bond acceptors (Lipinski definition) is 4. The molecule has 2 aliphatic heterocycles. The number of fused-ring (bicyclic) bond motifs is 1. The third-order valence-corrected chi connectivity index (χ3v) is 6.23. The van der Waals surface area contributed by atoms with Crippen molar-refractivity contribution in [2.45, 2.75) is 70.7 Å². The highest BCUT2D eigenvalue weighted by molar-refractivity contribution is 5.15. The summed E-state index contributed by atoms with van der Waals surface area (Å²) in [6.45, 7) is 11.2. The standard InChI is InChI=1S/C23H35NO3/c1-6-11-19-16-24(15-18-12-9-8-10-13-18)17-20-21(19)27-22(3,14-7-2)23(4,25-5)26-20/h6,8-13,19-21H,7,14-17H2,1-5H3/t19-,20+,21+,22+,23-/m0/s1. The highest BCUT2D eigenvalue weighted by atomic mass is 16.7. The minimum Gasteiger partial charge on any atom is -0.363 e. The molecule has 150 valence electrons. The molecule has 2 fully saturated rings. The van der Waals surface area contributed by atoms with E-state index < -0.39 is 11.4 Å². The molecule has 3 rings (SSSR count). The van der Waals surface area contributed by atoms with Gasteiger partial charge in [-0.25, -0.2) is 0 Å². The van der Waals surface area contributed by atoms with E-state index in [0.717, 1.165) is 32.5 Å². The average Bonchev–Trinajstić information content (AvgIpc) is 2.65. The zero-order valence-electron chi connectivity index (χ0n) is 17.5. The normalized spacial score (nSPS) is 37.4. The summed E-state index contributed by atoms with van der Waals surface area (Å²) in [6.07, 6.45) is 6.42. The lowest BCUT2D eigenvalue weighted by atomic mass is 9.83. The summed E-state index contributed by atoms with van der Waals surface area (Å²) in [6, 6.07) is 10.6. The summed E-state index contributed by atoms with van der Waals surface area (Å²) in [4.78, 5) is 2.48. The molecular weight excluding hydrogens is 338 g/mol. The average molecular weight is 374 g/mol. The number of ether oxygens (including phenoxy) is 3. The first-order valence-electron chi connectivity index (χ1n) is 10.2. The van der Waals surface area contributed by atoms with Crippen molar-refractivity contribution in [3.05, 3.63) is 48.0 Å². The van der Waals surface area contributed by atoms with Crippen LogP contribution in [0.2, 0.25) is 0 Å². The molecule has 1 aromatic carbocycles. The number of benzene rings is 1. The van der Waals surface area contributed by atoms with Gasteiger partial charge >= 0.3 is 0 Å². The van der Waals surface area contributed by atoms with Crippen molar-refractivity contribution in [2.75, 3.05) is 20.2 Å². The number of hydrogen-bond donors (Lipinski definition) is 0.